The Balaban J connectivity index is 1.81. The summed E-state index contributed by atoms with van der Waals surface area (Å²) in [4.78, 5) is 32.7. The fourth-order valence-electron chi connectivity index (χ4n) is 3.29. The molecule has 38 heavy (non-hydrogen) atoms. The molecular weight excluding hydrogens is 529 g/mol. The Morgan fingerprint density at radius 3 is 2.55 bits per heavy atom. The van der Waals surface area contributed by atoms with Crippen molar-refractivity contribution in [2.24, 2.45) is 0 Å². The Morgan fingerprint density at radius 1 is 1.21 bits per heavy atom. The van der Waals surface area contributed by atoms with Gasteiger partial charge in [-0.2, -0.15) is 18.3 Å². The minimum absolute atomic E-state index is 0.0803. The molecule has 1 atom stereocenters. The van der Waals surface area contributed by atoms with Gasteiger partial charge in [-0.05, 0) is 45.0 Å². The molecule has 0 saturated carbocycles. The van der Waals surface area contributed by atoms with Crippen LogP contribution in [0.4, 0.5) is 24.8 Å². The van der Waals surface area contributed by atoms with Gasteiger partial charge in [0.05, 0.1) is 37.0 Å². The van der Waals surface area contributed by atoms with Crippen molar-refractivity contribution in [3.05, 3.63) is 47.2 Å². The number of hydrogen-bond acceptors (Lipinski definition) is 8. The SMILES string of the molecule is CCOC(=O)CC(NC(=O)c1ccc(Nc2ncc(Cl)c(-c3ccn(C(C)C)n3)n2)c(OC)c1)C(F)(F)F. The summed E-state index contributed by atoms with van der Waals surface area (Å²) in [5, 5.41) is 9.53. The fourth-order valence-corrected chi connectivity index (χ4v) is 3.48. The molecular formula is C24H26ClF3N6O4. The predicted octanol–water partition coefficient (Wildman–Crippen LogP) is 4.94. The average Bonchev–Trinajstić information content (AvgIpc) is 3.35. The van der Waals surface area contributed by atoms with E-state index >= 15 is 0 Å². The normalized spacial score (nSPS) is 12.2. The van der Waals surface area contributed by atoms with E-state index in [1.165, 1.54) is 38.4 Å². The number of benzene rings is 1. The molecule has 0 bridgehead atoms. The monoisotopic (exact) mass is 554 g/mol. The third-order valence-electron chi connectivity index (χ3n) is 5.21. The quantitative estimate of drug-likeness (QED) is 0.338. The maximum absolute atomic E-state index is 13.4. The zero-order valence-corrected chi connectivity index (χ0v) is 21.7. The van der Waals surface area contributed by atoms with E-state index < -0.39 is 30.5 Å². The highest BCUT2D eigenvalue weighted by atomic mass is 35.5. The molecule has 204 valence electrons. The van der Waals surface area contributed by atoms with E-state index in [1.54, 1.807) is 16.9 Å². The Labute approximate surface area is 221 Å². The van der Waals surface area contributed by atoms with Crippen molar-refractivity contribution in [1.82, 2.24) is 25.1 Å². The largest absolute Gasteiger partial charge is 0.495 e. The molecule has 2 heterocycles. The zero-order valence-electron chi connectivity index (χ0n) is 21.0. The molecule has 3 aromatic rings. The van der Waals surface area contributed by atoms with Crippen molar-refractivity contribution < 1.29 is 32.2 Å². The van der Waals surface area contributed by atoms with Gasteiger partial charge in [0.1, 0.15) is 23.2 Å². The minimum Gasteiger partial charge on any atom is -0.495 e. The van der Waals surface area contributed by atoms with Gasteiger partial charge in [-0.15, -0.1) is 0 Å². The first-order chi connectivity index (χ1) is 17.9. The topological polar surface area (TPSA) is 120 Å². The molecule has 14 heteroatoms. The highest BCUT2D eigenvalue weighted by molar-refractivity contribution is 6.32. The van der Waals surface area contributed by atoms with E-state index in [4.69, 9.17) is 16.3 Å². The number of esters is 1. The number of carbonyl (C=O) groups is 2. The van der Waals surface area contributed by atoms with Crippen LogP contribution in [0, 0.1) is 0 Å². The average molecular weight is 555 g/mol. The van der Waals surface area contributed by atoms with E-state index in [0.29, 0.717) is 17.1 Å². The van der Waals surface area contributed by atoms with Crippen LogP contribution in [0.5, 0.6) is 5.75 Å². The number of anilines is 2. The lowest BCUT2D eigenvalue weighted by molar-refractivity contribution is -0.167. The summed E-state index contributed by atoms with van der Waals surface area (Å²) >= 11 is 6.28. The molecule has 0 spiro atoms. The first kappa shape index (κ1) is 28.7. The number of rotatable bonds is 10. The van der Waals surface area contributed by atoms with Gasteiger partial charge in [0.2, 0.25) is 5.95 Å². The van der Waals surface area contributed by atoms with Crippen LogP contribution in [0.25, 0.3) is 11.4 Å². The molecule has 1 amide bonds. The standard InChI is InChI=1S/C24H26ClF3N6O4/c1-5-38-20(35)11-19(24(26,27)28)31-22(36)14-6-7-16(18(10-14)37-4)30-23-29-12-15(25)21(32-23)17-8-9-34(33-17)13(2)3/h6-10,12-13,19H,5,11H2,1-4H3,(H,31,36)(H,29,30,32). The summed E-state index contributed by atoms with van der Waals surface area (Å²) in [6, 6.07) is 3.45. The van der Waals surface area contributed by atoms with E-state index in [1.807, 2.05) is 19.2 Å². The first-order valence-electron chi connectivity index (χ1n) is 11.5. The molecule has 2 aromatic heterocycles. The molecule has 0 aliphatic rings. The molecule has 0 aliphatic carbocycles. The molecule has 0 radical (unpaired) electrons. The van der Waals surface area contributed by atoms with Crippen LogP contribution in [0.15, 0.2) is 36.7 Å². The summed E-state index contributed by atoms with van der Waals surface area (Å²) in [6.07, 6.45) is -2.71. The lowest BCUT2D eigenvalue weighted by Crippen LogP contribution is -2.46. The van der Waals surface area contributed by atoms with E-state index in [9.17, 15) is 22.8 Å². The van der Waals surface area contributed by atoms with E-state index in [-0.39, 0.29) is 34.9 Å². The number of nitrogens with zero attached hydrogens (tertiary/aromatic N) is 4. The first-order valence-corrected chi connectivity index (χ1v) is 11.9. The molecule has 0 aliphatic heterocycles. The molecule has 0 fully saturated rings. The second kappa shape index (κ2) is 12.1. The van der Waals surface area contributed by atoms with Crippen molar-refractivity contribution in [2.45, 2.75) is 45.5 Å². The Bertz CT molecular complexity index is 1300. The molecule has 3 rings (SSSR count). The van der Waals surface area contributed by atoms with Gasteiger partial charge >= 0.3 is 12.1 Å². The maximum Gasteiger partial charge on any atom is 0.409 e. The molecule has 1 aromatic carbocycles. The smallest absolute Gasteiger partial charge is 0.409 e. The summed E-state index contributed by atoms with van der Waals surface area (Å²) in [7, 11) is 1.33. The lowest BCUT2D eigenvalue weighted by Gasteiger charge is -2.21. The number of ether oxygens (including phenoxy) is 2. The Kier molecular flexibility index (Phi) is 9.15. The number of amides is 1. The van der Waals surface area contributed by atoms with Crippen LogP contribution in [-0.4, -0.2) is 57.6 Å². The van der Waals surface area contributed by atoms with Crippen LogP contribution in [0.2, 0.25) is 5.02 Å². The van der Waals surface area contributed by atoms with Crippen LogP contribution in [0.3, 0.4) is 0 Å². The predicted molar refractivity (Wildman–Crippen MR) is 133 cm³/mol. The van der Waals surface area contributed by atoms with Crippen LogP contribution < -0.4 is 15.4 Å². The van der Waals surface area contributed by atoms with Gasteiger partial charge in [0.15, 0.2) is 0 Å². The molecule has 0 saturated heterocycles. The maximum atomic E-state index is 13.4. The van der Waals surface area contributed by atoms with Crippen molar-refractivity contribution in [3.8, 4) is 17.1 Å². The molecule has 10 nitrogen and oxygen atoms in total. The number of aromatic nitrogens is 4. The molecule has 2 N–H and O–H groups in total. The second-order valence-electron chi connectivity index (χ2n) is 8.28. The van der Waals surface area contributed by atoms with Crippen LogP contribution >= 0.6 is 11.6 Å². The number of nitrogens with one attached hydrogen (secondary N) is 2. The Morgan fingerprint density at radius 2 is 1.95 bits per heavy atom. The minimum atomic E-state index is -4.86. The second-order valence-corrected chi connectivity index (χ2v) is 8.69. The lowest BCUT2D eigenvalue weighted by atomic mass is 10.1. The number of hydrogen-bond donors (Lipinski definition) is 2. The third-order valence-corrected chi connectivity index (χ3v) is 5.49. The summed E-state index contributed by atoms with van der Waals surface area (Å²) < 4.78 is 51.8. The van der Waals surface area contributed by atoms with Crippen LogP contribution in [-0.2, 0) is 9.53 Å². The van der Waals surface area contributed by atoms with Gasteiger partial charge in [-0.25, -0.2) is 9.97 Å². The van der Waals surface area contributed by atoms with Crippen molar-refractivity contribution in [2.75, 3.05) is 19.0 Å². The number of alkyl halides is 3. The third kappa shape index (κ3) is 7.12. The van der Waals surface area contributed by atoms with Gasteiger partial charge < -0.3 is 20.1 Å². The van der Waals surface area contributed by atoms with Crippen molar-refractivity contribution in [1.29, 1.82) is 0 Å². The zero-order chi connectivity index (χ0) is 28.0. The number of methoxy groups -OCH3 is 1. The highest BCUT2D eigenvalue weighted by Crippen LogP contribution is 2.31. The van der Waals surface area contributed by atoms with Crippen molar-refractivity contribution in [3.63, 3.8) is 0 Å². The fraction of sp³-hybridized carbons (Fsp3) is 0.375. The van der Waals surface area contributed by atoms with Gasteiger partial charge in [-0.1, -0.05) is 11.6 Å². The van der Waals surface area contributed by atoms with Gasteiger partial charge in [-0.3, -0.25) is 14.3 Å². The number of carbonyl (C=O) groups excluding carboxylic acids is 2. The van der Waals surface area contributed by atoms with Crippen molar-refractivity contribution >= 4 is 35.1 Å². The van der Waals surface area contributed by atoms with E-state index in [0.717, 1.165) is 0 Å². The molecule has 1 unspecified atom stereocenters. The van der Waals surface area contributed by atoms with Gasteiger partial charge in [0, 0.05) is 17.8 Å². The van der Waals surface area contributed by atoms with Gasteiger partial charge in [0.25, 0.3) is 5.91 Å². The summed E-state index contributed by atoms with van der Waals surface area (Å²) in [5.74, 6) is -1.85. The van der Waals surface area contributed by atoms with Crippen LogP contribution in [0.1, 0.15) is 43.6 Å². The highest BCUT2D eigenvalue weighted by Gasteiger charge is 2.42. The summed E-state index contributed by atoms with van der Waals surface area (Å²) in [5.41, 5.74) is 1.14. The summed E-state index contributed by atoms with van der Waals surface area (Å²) in [6.45, 7) is 5.34. The Hall–Kier alpha value is -3.87. The van der Waals surface area contributed by atoms with E-state index in [2.05, 4.69) is 25.1 Å². The number of halogens is 4.